The molecular weight excluding hydrogens is 102 g/mol. The van der Waals surface area contributed by atoms with Gasteiger partial charge in [0, 0.05) is 20.1 Å². The molecule has 8 heavy (non-hydrogen) atoms. The van der Waals surface area contributed by atoms with Gasteiger partial charge in [-0.25, -0.2) is 0 Å². The summed E-state index contributed by atoms with van der Waals surface area (Å²) in [4.78, 5) is 5.04. The molecule has 44 valence electrons. The molecule has 0 saturated carbocycles. The van der Waals surface area contributed by atoms with Crippen molar-refractivity contribution in [3.63, 3.8) is 0 Å². The van der Waals surface area contributed by atoms with Crippen LogP contribution in [0.25, 0.3) is 0 Å². The summed E-state index contributed by atoms with van der Waals surface area (Å²) in [5.41, 5.74) is 5.26. The van der Waals surface area contributed by atoms with Crippen LogP contribution in [-0.2, 0) is 0 Å². The molecule has 0 aliphatic rings. The first-order valence-corrected chi connectivity index (χ1v) is 2.14. The Morgan fingerprint density at radius 1 is 1.88 bits per heavy atom. The highest BCUT2D eigenvalue weighted by atomic mass is 15.2. The molecule has 0 aromatic heterocycles. The largest absolute Gasteiger partial charge is 0.369 e. The van der Waals surface area contributed by atoms with E-state index in [-0.39, 0.29) is 0 Å². The number of nitrogens with zero attached hydrogens (tertiary/aromatic N) is 2. The first kappa shape index (κ1) is 6.83. The highest BCUT2D eigenvalue weighted by Gasteiger charge is 1.90. The third-order valence-electron chi connectivity index (χ3n) is 0.766. The molecule has 3 nitrogen and oxygen atoms in total. The molecule has 0 saturated heterocycles. The first-order chi connectivity index (χ1) is 3.72. The summed E-state index contributed by atoms with van der Waals surface area (Å²) in [6.07, 6.45) is 4.96. The lowest BCUT2D eigenvalue weighted by Gasteiger charge is -2.06. The summed E-state index contributed by atoms with van der Waals surface area (Å²) in [5, 5.41) is 0. The van der Waals surface area contributed by atoms with Crippen molar-refractivity contribution < 1.29 is 0 Å². The monoisotopic (exact) mass is 111 g/mol. The molecule has 0 aliphatic heterocycles. The maximum absolute atomic E-state index is 5.26. The van der Waals surface area contributed by atoms with Crippen LogP contribution in [0.1, 0.15) is 0 Å². The Labute approximate surface area is 49.2 Å². The van der Waals surface area contributed by atoms with Gasteiger partial charge in [-0.15, -0.1) is 0 Å². The highest BCUT2D eigenvalue weighted by Crippen LogP contribution is 1.73. The Balaban J connectivity index is 3.87. The molecule has 0 bridgehead atoms. The highest BCUT2D eigenvalue weighted by molar-refractivity contribution is 5.79. The second-order valence-corrected chi connectivity index (χ2v) is 1.27. The van der Waals surface area contributed by atoms with Gasteiger partial charge in [-0.3, -0.25) is 9.89 Å². The fourth-order valence-corrected chi connectivity index (χ4v) is 0.216. The zero-order valence-corrected chi connectivity index (χ0v) is 5.05. The molecule has 0 spiro atoms. The molecule has 0 aliphatic carbocycles. The van der Waals surface area contributed by atoms with E-state index < -0.39 is 0 Å². The van der Waals surface area contributed by atoms with Crippen LogP contribution in [-0.4, -0.2) is 25.0 Å². The Bertz CT molecular complexity index is 131. The zero-order valence-electron chi connectivity index (χ0n) is 5.05. The van der Waals surface area contributed by atoms with E-state index in [1.54, 1.807) is 14.1 Å². The van der Waals surface area contributed by atoms with Gasteiger partial charge in [0.1, 0.15) is 0 Å². The molecule has 0 heterocycles. The molecule has 0 rings (SSSR count). The maximum Gasteiger partial charge on any atom is 0.202 e. The molecule has 0 amide bonds. The standard InChI is InChI=1S/C5H9N3/c1-4-8(3)5(6)7-2/h1H,2-3H3,(H2,6,7). The van der Waals surface area contributed by atoms with E-state index >= 15 is 0 Å². The van der Waals surface area contributed by atoms with Crippen LogP contribution in [0.3, 0.4) is 0 Å². The van der Waals surface area contributed by atoms with Crippen molar-refractivity contribution in [1.82, 2.24) is 4.90 Å². The van der Waals surface area contributed by atoms with Crippen LogP contribution < -0.4 is 5.73 Å². The molecule has 0 unspecified atom stereocenters. The predicted octanol–water partition coefficient (Wildman–Crippen LogP) is -0.547. The lowest BCUT2D eigenvalue weighted by molar-refractivity contribution is 0.715. The fourth-order valence-electron chi connectivity index (χ4n) is 0.216. The number of nitrogens with two attached hydrogens (primary N) is 1. The van der Waals surface area contributed by atoms with Crippen molar-refractivity contribution in [2.45, 2.75) is 0 Å². The van der Waals surface area contributed by atoms with Crippen LogP contribution in [0.15, 0.2) is 4.99 Å². The number of hydrogen-bond donors (Lipinski definition) is 1. The summed E-state index contributed by atoms with van der Waals surface area (Å²) in [6.45, 7) is 0. The normalized spacial score (nSPS) is 10.4. The summed E-state index contributed by atoms with van der Waals surface area (Å²) in [6, 6.07) is 2.29. The van der Waals surface area contributed by atoms with Crippen molar-refractivity contribution in [2.24, 2.45) is 10.7 Å². The minimum atomic E-state index is 0.354. The quantitative estimate of drug-likeness (QED) is 0.197. The number of aliphatic imine (C=N–C) groups is 1. The van der Waals surface area contributed by atoms with E-state index in [1.165, 1.54) is 4.90 Å². The molecule has 0 radical (unpaired) electrons. The predicted molar refractivity (Wildman–Crippen MR) is 34.1 cm³/mol. The molecule has 0 aromatic rings. The average Bonchev–Trinajstić information content (AvgIpc) is 1.84. The Kier molecular flexibility index (Phi) is 2.49. The van der Waals surface area contributed by atoms with Gasteiger partial charge in [0.15, 0.2) is 0 Å². The van der Waals surface area contributed by atoms with E-state index in [4.69, 9.17) is 12.2 Å². The van der Waals surface area contributed by atoms with Gasteiger partial charge in [-0.1, -0.05) is 6.42 Å². The molecule has 3 heteroatoms. The Morgan fingerprint density at radius 2 is 2.38 bits per heavy atom. The number of terminal acetylenes is 1. The fraction of sp³-hybridized carbons (Fsp3) is 0.400. The van der Waals surface area contributed by atoms with Crippen LogP contribution in [0.4, 0.5) is 0 Å². The van der Waals surface area contributed by atoms with E-state index in [9.17, 15) is 0 Å². The van der Waals surface area contributed by atoms with E-state index in [2.05, 4.69) is 11.0 Å². The topological polar surface area (TPSA) is 41.6 Å². The first-order valence-electron chi connectivity index (χ1n) is 2.14. The van der Waals surface area contributed by atoms with Crippen LogP contribution >= 0.6 is 0 Å². The third kappa shape index (κ3) is 1.52. The van der Waals surface area contributed by atoms with Crippen LogP contribution in [0, 0.1) is 12.5 Å². The van der Waals surface area contributed by atoms with Crippen molar-refractivity contribution in [3.05, 3.63) is 0 Å². The second-order valence-electron chi connectivity index (χ2n) is 1.27. The van der Waals surface area contributed by atoms with Gasteiger partial charge in [0.2, 0.25) is 5.96 Å². The molecule has 0 atom stereocenters. The number of hydrogen-bond acceptors (Lipinski definition) is 1. The minimum absolute atomic E-state index is 0.354. The van der Waals surface area contributed by atoms with Crippen molar-refractivity contribution in [1.29, 1.82) is 0 Å². The summed E-state index contributed by atoms with van der Waals surface area (Å²) < 4.78 is 0. The van der Waals surface area contributed by atoms with Crippen LogP contribution in [0.5, 0.6) is 0 Å². The lowest BCUT2D eigenvalue weighted by atomic mass is 10.8. The molecule has 2 N–H and O–H groups in total. The van der Waals surface area contributed by atoms with Crippen molar-refractivity contribution in [3.8, 4) is 12.5 Å². The van der Waals surface area contributed by atoms with Gasteiger partial charge >= 0.3 is 0 Å². The van der Waals surface area contributed by atoms with E-state index in [1.807, 2.05) is 0 Å². The summed E-state index contributed by atoms with van der Waals surface area (Å²) >= 11 is 0. The Hall–Kier alpha value is -1.17. The van der Waals surface area contributed by atoms with Gasteiger partial charge < -0.3 is 5.73 Å². The van der Waals surface area contributed by atoms with E-state index in [0.717, 1.165) is 0 Å². The smallest absolute Gasteiger partial charge is 0.202 e. The van der Waals surface area contributed by atoms with Gasteiger partial charge in [-0.05, 0) is 0 Å². The zero-order chi connectivity index (χ0) is 6.57. The van der Waals surface area contributed by atoms with E-state index in [0.29, 0.717) is 5.96 Å². The Morgan fingerprint density at radius 3 is 2.50 bits per heavy atom. The second kappa shape index (κ2) is 2.92. The maximum atomic E-state index is 5.26. The lowest BCUT2D eigenvalue weighted by Crippen LogP contribution is -2.29. The summed E-state index contributed by atoms with van der Waals surface area (Å²) in [7, 11) is 3.26. The molecule has 0 aromatic carbocycles. The van der Waals surface area contributed by atoms with Gasteiger partial charge in [0.25, 0.3) is 0 Å². The van der Waals surface area contributed by atoms with Crippen molar-refractivity contribution in [2.75, 3.05) is 14.1 Å². The third-order valence-corrected chi connectivity index (χ3v) is 0.766. The van der Waals surface area contributed by atoms with Gasteiger partial charge in [0.05, 0.1) is 0 Å². The molecular formula is C5H9N3. The van der Waals surface area contributed by atoms with Crippen molar-refractivity contribution >= 4 is 5.96 Å². The summed E-state index contributed by atoms with van der Waals surface area (Å²) in [5.74, 6) is 0.354. The SMILES string of the molecule is C#CN(C)C(N)=NC. The van der Waals surface area contributed by atoms with Gasteiger partial charge in [-0.2, -0.15) is 0 Å². The van der Waals surface area contributed by atoms with Crippen LogP contribution in [0.2, 0.25) is 0 Å². The number of guanidine groups is 1. The number of rotatable bonds is 0. The average molecular weight is 111 g/mol. The minimum Gasteiger partial charge on any atom is -0.369 e. The molecule has 0 fully saturated rings.